The lowest BCUT2D eigenvalue weighted by atomic mass is 10.1. The Morgan fingerprint density at radius 3 is 1.36 bits per heavy atom. The molecule has 0 saturated heterocycles. The van der Waals surface area contributed by atoms with Crippen LogP contribution in [0.1, 0.15) is 76.7 Å². The number of rotatable bonds is 19. The van der Waals surface area contributed by atoms with Crippen molar-refractivity contribution in [3.63, 3.8) is 0 Å². The second-order valence-corrected chi connectivity index (χ2v) is 16.6. The Morgan fingerprint density at radius 2 is 0.900 bits per heavy atom. The molecule has 0 aliphatic rings. The van der Waals surface area contributed by atoms with Crippen LogP contribution in [-0.2, 0) is 6.16 Å². The molecule has 0 amide bonds. The zero-order valence-corrected chi connectivity index (χ0v) is 30.3. The van der Waals surface area contributed by atoms with E-state index >= 15 is 0 Å². The van der Waals surface area contributed by atoms with Crippen molar-refractivity contribution in [3.05, 3.63) is 145 Å². The predicted octanol–water partition coefficient (Wildman–Crippen LogP) is 11.2. The molecule has 1 heterocycles. The summed E-state index contributed by atoms with van der Waals surface area (Å²) in [5.41, 5.74) is 3.06. The number of aromatic nitrogens is 2. The zero-order valence-electron chi connectivity index (χ0n) is 29.4. The average molecular weight is 682 g/mol. The van der Waals surface area contributed by atoms with Crippen molar-refractivity contribution in [1.82, 2.24) is 10.2 Å². The molecule has 1 aromatic heterocycles. The van der Waals surface area contributed by atoms with Gasteiger partial charge >= 0.3 is 0 Å². The maximum absolute atomic E-state index is 6.16. The van der Waals surface area contributed by atoms with E-state index in [1.807, 2.05) is 24.3 Å². The van der Waals surface area contributed by atoms with Crippen molar-refractivity contribution in [2.24, 2.45) is 0 Å². The molecule has 4 nitrogen and oxygen atoms in total. The summed E-state index contributed by atoms with van der Waals surface area (Å²) in [5.74, 6) is 1.90. The number of nitrogens with zero attached hydrogens (tertiary/aromatic N) is 2. The Hall–Kier alpha value is -4.53. The molecule has 50 heavy (non-hydrogen) atoms. The Bertz CT molecular complexity index is 1730. The summed E-state index contributed by atoms with van der Waals surface area (Å²) in [6.07, 6.45) is 14.1. The van der Waals surface area contributed by atoms with Crippen LogP contribution in [0, 0.1) is 0 Å². The van der Waals surface area contributed by atoms with Crippen molar-refractivity contribution in [1.29, 1.82) is 0 Å². The molecular weight excluding hydrogens is 631 g/mol. The molecule has 6 rings (SSSR count). The number of hydrogen-bond donors (Lipinski definition) is 0. The third-order valence-electron chi connectivity index (χ3n) is 9.50. The van der Waals surface area contributed by atoms with Crippen LogP contribution >= 0.6 is 7.26 Å². The third-order valence-corrected chi connectivity index (χ3v) is 13.9. The van der Waals surface area contributed by atoms with Gasteiger partial charge in [-0.1, -0.05) is 131 Å². The second-order valence-electron chi connectivity index (χ2n) is 13.1. The fourth-order valence-corrected chi connectivity index (χ4v) is 11.0. The van der Waals surface area contributed by atoms with Crippen molar-refractivity contribution >= 4 is 23.2 Å². The number of benzene rings is 5. The fourth-order valence-electron chi connectivity index (χ4n) is 6.72. The van der Waals surface area contributed by atoms with Gasteiger partial charge in [0, 0.05) is 11.1 Å². The van der Waals surface area contributed by atoms with E-state index in [0.29, 0.717) is 11.8 Å². The second kappa shape index (κ2) is 18.5. The van der Waals surface area contributed by atoms with Gasteiger partial charge in [-0.25, -0.2) is 0 Å². The van der Waals surface area contributed by atoms with Crippen LogP contribution < -0.4 is 20.7 Å². The van der Waals surface area contributed by atoms with Gasteiger partial charge in [0.25, 0.3) is 0 Å². The van der Waals surface area contributed by atoms with Gasteiger partial charge in [0.05, 0.1) is 12.8 Å². The molecule has 0 spiro atoms. The third kappa shape index (κ3) is 9.17. The highest BCUT2D eigenvalue weighted by Crippen LogP contribution is 2.58. The fraction of sp³-hybridized carbons (Fsp3) is 0.289. The van der Waals surface area contributed by atoms with E-state index in [1.54, 1.807) is 0 Å². The molecule has 5 heteroatoms. The molecule has 0 radical (unpaired) electrons. The van der Waals surface area contributed by atoms with E-state index in [4.69, 9.17) is 9.15 Å². The van der Waals surface area contributed by atoms with Crippen molar-refractivity contribution in [2.45, 2.75) is 77.3 Å². The summed E-state index contributed by atoms with van der Waals surface area (Å²) < 4.78 is 12.2. The highest BCUT2D eigenvalue weighted by atomic mass is 31.2. The summed E-state index contributed by atoms with van der Waals surface area (Å²) in [6, 6.07) is 49.6. The molecule has 0 saturated carbocycles. The smallest absolute Gasteiger partial charge is 0.248 e. The Kier molecular flexibility index (Phi) is 13.0. The van der Waals surface area contributed by atoms with E-state index in [2.05, 4.69) is 132 Å². The molecule has 0 bridgehead atoms. The van der Waals surface area contributed by atoms with Gasteiger partial charge in [0.2, 0.25) is 11.8 Å². The normalized spacial score (nSPS) is 11.5. The van der Waals surface area contributed by atoms with Gasteiger partial charge in [0.1, 0.15) is 28.9 Å². The molecule has 0 unspecified atom stereocenters. The van der Waals surface area contributed by atoms with Crippen LogP contribution in [-0.4, -0.2) is 16.8 Å². The van der Waals surface area contributed by atoms with E-state index in [-0.39, 0.29) is 0 Å². The Labute approximate surface area is 299 Å². The summed E-state index contributed by atoms with van der Waals surface area (Å²) >= 11 is 0. The van der Waals surface area contributed by atoms with Crippen molar-refractivity contribution in [3.8, 4) is 28.7 Å². The van der Waals surface area contributed by atoms with E-state index in [1.165, 1.54) is 79.3 Å². The van der Waals surface area contributed by atoms with E-state index in [9.17, 15) is 0 Å². The molecular formula is C45H50N2O2P+. The summed E-state index contributed by atoms with van der Waals surface area (Å²) in [6.45, 7) is 3.03. The monoisotopic (exact) mass is 681 g/mol. The highest BCUT2D eigenvalue weighted by Gasteiger charge is 2.45. The lowest BCUT2D eigenvalue weighted by molar-refractivity contribution is 0.304. The minimum absolute atomic E-state index is 0.507. The molecule has 0 aliphatic heterocycles. The van der Waals surface area contributed by atoms with Gasteiger partial charge in [-0.05, 0) is 84.8 Å². The first-order valence-electron chi connectivity index (χ1n) is 18.5. The van der Waals surface area contributed by atoms with Gasteiger partial charge in [-0.3, -0.25) is 0 Å². The van der Waals surface area contributed by atoms with Crippen LogP contribution in [0.5, 0.6) is 5.75 Å². The van der Waals surface area contributed by atoms with Gasteiger partial charge in [0.15, 0.2) is 0 Å². The van der Waals surface area contributed by atoms with Gasteiger partial charge in [-0.15, -0.1) is 10.2 Å². The number of hydrogen-bond acceptors (Lipinski definition) is 4. The van der Waals surface area contributed by atoms with Crippen LogP contribution in [0.25, 0.3) is 22.9 Å². The van der Waals surface area contributed by atoms with Crippen LogP contribution in [0.15, 0.2) is 144 Å². The first-order chi connectivity index (χ1) is 24.8. The lowest BCUT2D eigenvalue weighted by Gasteiger charge is -2.27. The number of unbranched alkanes of at least 4 members (excludes halogenated alkanes) is 9. The Balaban J connectivity index is 1.08. The lowest BCUT2D eigenvalue weighted by Crippen LogP contribution is -2.32. The minimum atomic E-state index is -1.98. The predicted molar refractivity (Wildman–Crippen MR) is 211 cm³/mol. The van der Waals surface area contributed by atoms with E-state index < -0.39 is 7.26 Å². The van der Waals surface area contributed by atoms with Gasteiger partial charge < -0.3 is 9.15 Å². The summed E-state index contributed by atoms with van der Waals surface area (Å²) in [4.78, 5) is 0. The SMILES string of the molecule is CCCCCCCCCCCCOc1ccc(-c2nnc(-c3ccc(C[P+](c4ccccc4)(c4ccccc4)c4ccccc4)cc3)o2)cc1. The van der Waals surface area contributed by atoms with Crippen molar-refractivity contribution < 1.29 is 9.15 Å². The quantitative estimate of drug-likeness (QED) is 0.0631. The zero-order chi connectivity index (χ0) is 34.3. The van der Waals surface area contributed by atoms with Crippen LogP contribution in [0.3, 0.4) is 0 Å². The largest absolute Gasteiger partial charge is 0.494 e. The molecule has 6 aromatic rings. The summed E-state index contributed by atoms with van der Waals surface area (Å²) in [5, 5.41) is 12.9. The van der Waals surface area contributed by atoms with Gasteiger partial charge in [-0.2, -0.15) is 0 Å². The first kappa shape index (κ1) is 35.3. The molecule has 0 fully saturated rings. The Morgan fingerprint density at radius 1 is 0.480 bits per heavy atom. The van der Waals surface area contributed by atoms with Crippen LogP contribution in [0.4, 0.5) is 0 Å². The molecule has 0 aliphatic carbocycles. The van der Waals surface area contributed by atoms with Crippen molar-refractivity contribution in [2.75, 3.05) is 6.61 Å². The van der Waals surface area contributed by atoms with Crippen LogP contribution in [0.2, 0.25) is 0 Å². The molecule has 0 N–H and O–H groups in total. The summed E-state index contributed by atoms with van der Waals surface area (Å²) in [7, 11) is -1.98. The molecule has 256 valence electrons. The average Bonchev–Trinajstić information content (AvgIpc) is 3.68. The maximum Gasteiger partial charge on any atom is 0.248 e. The van der Waals surface area contributed by atoms with E-state index in [0.717, 1.165) is 36.1 Å². The highest BCUT2D eigenvalue weighted by molar-refractivity contribution is 7.95. The standard InChI is InChI=1S/C45H50N2O2P/c1-2-3-4-5-6-7-8-9-10-20-35-48-40-33-31-39(32-34-40)45-47-46-44(49-45)38-29-27-37(28-30-38)36-50(41-21-14-11-15-22-41,42-23-16-12-17-24-42)43-25-18-13-19-26-43/h11-19,21-34H,2-10,20,35-36H2,1H3/q+1. The maximum atomic E-state index is 6.16. The first-order valence-corrected chi connectivity index (χ1v) is 20.4. The number of ether oxygens (including phenoxy) is 1. The molecule has 5 aromatic carbocycles. The molecule has 0 atom stereocenters. The topological polar surface area (TPSA) is 48.2 Å². The minimum Gasteiger partial charge on any atom is -0.494 e.